The van der Waals surface area contributed by atoms with Gasteiger partial charge in [-0.2, -0.15) is 13.2 Å². The molecule has 0 saturated carbocycles. The van der Waals surface area contributed by atoms with Crippen molar-refractivity contribution >= 4 is 23.2 Å². The van der Waals surface area contributed by atoms with Crippen molar-refractivity contribution in [3.8, 4) is 0 Å². The largest absolute Gasteiger partial charge is 0.416 e. The Kier molecular flexibility index (Phi) is 5.53. The predicted molar refractivity (Wildman–Crippen MR) is 95.5 cm³/mol. The minimum atomic E-state index is -4.45. The standard InChI is InChI=1S/C19H14F4N4O/c20-14-5-1-3-12(9-14)10-18(28)25-17-8-7-16(26-27-17)24-15-6-2-4-13(11-15)19(21,22)23/h1-9,11H,10H2,(H,24,26)(H,25,27,28). The minimum Gasteiger partial charge on any atom is -0.339 e. The van der Waals surface area contributed by atoms with Gasteiger partial charge in [-0.3, -0.25) is 4.79 Å². The molecule has 1 heterocycles. The number of anilines is 3. The molecule has 28 heavy (non-hydrogen) atoms. The number of carbonyl (C=O) groups excluding carboxylic acids is 1. The van der Waals surface area contributed by atoms with Crippen LogP contribution < -0.4 is 10.6 Å². The highest BCUT2D eigenvalue weighted by Gasteiger charge is 2.30. The lowest BCUT2D eigenvalue weighted by atomic mass is 10.1. The van der Waals surface area contributed by atoms with Crippen molar-refractivity contribution in [3.05, 3.63) is 77.6 Å². The molecule has 5 nitrogen and oxygen atoms in total. The number of aromatic nitrogens is 2. The van der Waals surface area contributed by atoms with E-state index in [9.17, 15) is 22.4 Å². The molecule has 9 heteroatoms. The second kappa shape index (κ2) is 8.03. The van der Waals surface area contributed by atoms with E-state index in [1.165, 1.54) is 42.5 Å². The summed E-state index contributed by atoms with van der Waals surface area (Å²) in [5.74, 6) is -0.466. The van der Waals surface area contributed by atoms with E-state index >= 15 is 0 Å². The topological polar surface area (TPSA) is 66.9 Å². The first-order valence-corrected chi connectivity index (χ1v) is 8.12. The van der Waals surface area contributed by atoms with Gasteiger partial charge in [0.15, 0.2) is 11.6 Å². The number of nitrogens with one attached hydrogen (secondary N) is 2. The quantitative estimate of drug-likeness (QED) is 0.627. The van der Waals surface area contributed by atoms with Gasteiger partial charge in [0, 0.05) is 5.69 Å². The lowest BCUT2D eigenvalue weighted by molar-refractivity contribution is -0.137. The van der Waals surface area contributed by atoms with Crippen molar-refractivity contribution in [2.45, 2.75) is 12.6 Å². The van der Waals surface area contributed by atoms with Gasteiger partial charge in [-0.15, -0.1) is 10.2 Å². The summed E-state index contributed by atoms with van der Waals surface area (Å²) in [7, 11) is 0. The number of halogens is 4. The first kappa shape index (κ1) is 19.3. The third-order valence-corrected chi connectivity index (χ3v) is 3.65. The van der Waals surface area contributed by atoms with Crippen molar-refractivity contribution in [3.63, 3.8) is 0 Å². The Morgan fingerprint density at radius 1 is 0.929 bits per heavy atom. The molecule has 0 aliphatic rings. The molecule has 144 valence electrons. The molecular weight excluding hydrogens is 376 g/mol. The number of alkyl halides is 3. The summed E-state index contributed by atoms with van der Waals surface area (Å²) in [6.07, 6.45) is -4.48. The van der Waals surface area contributed by atoms with Crippen LogP contribution in [0.15, 0.2) is 60.7 Å². The molecule has 0 aliphatic carbocycles. The summed E-state index contributed by atoms with van der Waals surface area (Å²) in [5, 5.41) is 12.9. The fourth-order valence-electron chi connectivity index (χ4n) is 2.41. The van der Waals surface area contributed by atoms with E-state index in [0.717, 1.165) is 12.1 Å². The molecule has 0 spiro atoms. The zero-order valence-electron chi connectivity index (χ0n) is 14.3. The number of rotatable bonds is 5. The minimum absolute atomic E-state index is 0.0380. The monoisotopic (exact) mass is 390 g/mol. The number of carbonyl (C=O) groups is 1. The second-order valence-electron chi connectivity index (χ2n) is 5.86. The second-order valence-corrected chi connectivity index (χ2v) is 5.86. The number of nitrogens with zero attached hydrogens (tertiary/aromatic N) is 2. The fourth-order valence-corrected chi connectivity index (χ4v) is 2.41. The smallest absolute Gasteiger partial charge is 0.339 e. The molecule has 0 radical (unpaired) electrons. The first-order chi connectivity index (χ1) is 13.3. The van der Waals surface area contributed by atoms with Crippen molar-refractivity contribution in [2.75, 3.05) is 10.6 Å². The molecule has 0 unspecified atom stereocenters. The van der Waals surface area contributed by atoms with Gasteiger partial charge in [-0.05, 0) is 48.0 Å². The van der Waals surface area contributed by atoms with Gasteiger partial charge in [0.1, 0.15) is 5.82 Å². The molecule has 1 amide bonds. The van der Waals surface area contributed by atoms with Gasteiger partial charge in [0.05, 0.1) is 12.0 Å². The average molecular weight is 390 g/mol. The van der Waals surface area contributed by atoms with E-state index in [0.29, 0.717) is 5.56 Å². The molecule has 2 N–H and O–H groups in total. The van der Waals surface area contributed by atoms with Crippen LogP contribution in [0.25, 0.3) is 0 Å². The van der Waals surface area contributed by atoms with Gasteiger partial charge < -0.3 is 10.6 Å². The normalized spacial score (nSPS) is 11.1. The molecule has 3 aromatic rings. The molecule has 0 aliphatic heterocycles. The number of benzene rings is 2. The molecule has 0 saturated heterocycles. The van der Waals surface area contributed by atoms with E-state index in [4.69, 9.17) is 0 Å². The highest BCUT2D eigenvalue weighted by molar-refractivity contribution is 5.91. The van der Waals surface area contributed by atoms with Crippen molar-refractivity contribution in [1.29, 1.82) is 0 Å². The zero-order chi connectivity index (χ0) is 20.1. The zero-order valence-corrected chi connectivity index (χ0v) is 14.3. The van der Waals surface area contributed by atoms with Gasteiger partial charge in [0.2, 0.25) is 5.91 Å². The summed E-state index contributed by atoms with van der Waals surface area (Å²) in [4.78, 5) is 12.0. The van der Waals surface area contributed by atoms with Crippen LogP contribution in [0, 0.1) is 5.82 Å². The van der Waals surface area contributed by atoms with Gasteiger partial charge in [-0.25, -0.2) is 4.39 Å². The van der Waals surface area contributed by atoms with E-state index in [-0.39, 0.29) is 23.7 Å². The van der Waals surface area contributed by atoms with Crippen molar-refractivity contribution in [2.24, 2.45) is 0 Å². The maximum Gasteiger partial charge on any atom is 0.416 e. The van der Waals surface area contributed by atoms with Crippen LogP contribution in [0.3, 0.4) is 0 Å². The molecule has 2 aromatic carbocycles. The molecular formula is C19H14F4N4O. The summed E-state index contributed by atoms with van der Waals surface area (Å²) in [6.45, 7) is 0. The maximum absolute atomic E-state index is 13.1. The Morgan fingerprint density at radius 3 is 2.32 bits per heavy atom. The lowest BCUT2D eigenvalue weighted by Crippen LogP contribution is -2.15. The highest BCUT2D eigenvalue weighted by Crippen LogP contribution is 2.31. The average Bonchev–Trinajstić information content (AvgIpc) is 2.63. The van der Waals surface area contributed by atoms with Crippen LogP contribution in [0.1, 0.15) is 11.1 Å². The Bertz CT molecular complexity index is 974. The Labute approximate surface area is 157 Å². The number of hydrogen-bond acceptors (Lipinski definition) is 4. The molecule has 0 bridgehead atoms. The van der Waals surface area contributed by atoms with Crippen LogP contribution in [-0.4, -0.2) is 16.1 Å². The van der Waals surface area contributed by atoms with Gasteiger partial charge in [0.25, 0.3) is 0 Å². The maximum atomic E-state index is 13.1. The van der Waals surface area contributed by atoms with E-state index in [2.05, 4.69) is 20.8 Å². The van der Waals surface area contributed by atoms with Crippen LogP contribution in [0.2, 0.25) is 0 Å². The summed E-state index contributed by atoms with van der Waals surface area (Å²) in [5.41, 5.74) is -0.0769. The van der Waals surface area contributed by atoms with Crippen LogP contribution >= 0.6 is 0 Å². The van der Waals surface area contributed by atoms with Gasteiger partial charge in [-0.1, -0.05) is 18.2 Å². The van der Waals surface area contributed by atoms with Crippen LogP contribution in [-0.2, 0) is 17.4 Å². The van der Waals surface area contributed by atoms with E-state index in [1.807, 2.05) is 0 Å². The fraction of sp³-hybridized carbons (Fsp3) is 0.105. The predicted octanol–water partition coefficient (Wildman–Crippen LogP) is 4.56. The van der Waals surface area contributed by atoms with E-state index in [1.54, 1.807) is 6.07 Å². The Hall–Kier alpha value is -3.49. The molecule has 1 aromatic heterocycles. The summed E-state index contributed by atoms with van der Waals surface area (Å²) < 4.78 is 51.4. The van der Waals surface area contributed by atoms with Gasteiger partial charge >= 0.3 is 6.18 Å². The first-order valence-electron chi connectivity index (χ1n) is 8.12. The third-order valence-electron chi connectivity index (χ3n) is 3.65. The number of hydrogen-bond donors (Lipinski definition) is 2. The SMILES string of the molecule is O=C(Cc1cccc(F)c1)Nc1ccc(Nc2cccc(C(F)(F)F)c2)nn1. The van der Waals surface area contributed by atoms with Crippen LogP contribution in [0.4, 0.5) is 34.9 Å². The number of amides is 1. The Balaban J connectivity index is 1.61. The van der Waals surface area contributed by atoms with Crippen LogP contribution in [0.5, 0.6) is 0 Å². The van der Waals surface area contributed by atoms with E-state index < -0.39 is 23.5 Å². The summed E-state index contributed by atoms with van der Waals surface area (Å²) >= 11 is 0. The van der Waals surface area contributed by atoms with Crippen molar-refractivity contribution < 1.29 is 22.4 Å². The summed E-state index contributed by atoms with van der Waals surface area (Å²) in [6, 6.07) is 13.2. The molecule has 3 rings (SSSR count). The lowest BCUT2D eigenvalue weighted by Gasteiger charge is -2.10. The molecule has 0 atom stereocenters. The molecule has 0 fully saturated rings. The highest BCUT2D eigenvalue weighted by atomic mass is 19.4. The van der Waals surface area contributed by atoms with Crippen molar-refractivity contribution in [1.82, 2.24) is 10.2 Å². The third kappa shape index (κ3) is 5.26. The Morgan fingerprint density at radius 2 is 1.64 bits per heavy atom.